The fourth-order valence-corrected chi connectivity index (χ4v) is 0. The van der Waals surface area contributed by atoms with Crippen molar-refractivity contribution in [3.8, 4) is 0 Å². The molecule has 0 fully saturated rings. The van der Waals surface area contributed by atoms with E-state index in [-0.39, 0.29) is 0 Å². The van der Waals surface area contributed by atoms with Gasteiger partial charge in [0.25, 0.3) is 0 Å². The van der Waals surface area contributed by atoms with Crippen LogP contribution in [0.3, 0.4) is 0 Å². The zero-order valence-electron chi connectivity index (χ0n) is 6.29. The first-order chi connectivity index (χ1) is 3.56. The summed E-state index contributed by atoms with van der Waals surface area (Å²) in [4.78, 5) is 0. The number of hydrogen-bond acceptors (Lipinski definition) is 1. The lowest BCUT2D eigenvalue weighted by molar-refractivity contribution is 0.411. The van der Waals surface area contributed by atoms with E-state index in [9.17, 15) is 0 Å². The van der Waals surface area contributed by atoms with E-state index in [1.807, 2.05) is 0 Å². The van der Waals surface area contributed by atoms with E-state index in [0.29, 0.717) is 0 Å². The maximum absolute atomic E-state index is 5.08. The van der Waals surface area contributed by atoms with E-state index in [1.165, 1.54) is 0 Å². The molecule has 0 spiro atoms. The zero-order valence-corrected chi connectivity index (χ0v) is 10.0. The molecule has 8 heavy (non-hydrogen) atoms. The van der Waals surface area contributed by atoms with Gasteiger partial charge >= 0.3 is 0 Å². The molecule has 4 heteroatoms. The van der Waals surface area contributed by atoms with Gasteiger partial charge in [-0.05, 0) is 19.6 Å². The highest BCUT2D eigenvalue weighted by Gasteiger charge is 2.09. The molecule has 52 valence electrons. The van der Waals surface area contributed by atoms with E-state index in [0.717, 1.165) is 9.55 Å². The van der Waals surface area contributed by atoms with Gasteiger partial charge < -0.3 is 4.43 Å². The van der Waals surface area contributed by atoms with Gasteiger partial charge in [0, 0.05) is 7.11 Å². The number of rotatable bonds is 1. The zero-order chi connectivity index (χ0) is 7.21. The second-order valence-electron chi connectivity index (χ2n) is 2.32. The van der Waals surface area contributed by atoms with Crippen LogP contribution >= 0.6 is 11.1 Å². The molecule has 0 unspecified atom stereocenters. The van der Waals surface area contributed by atoms with Crippen LogP contribution in [0, 0.1) is 0 Å². The average molecular weight is 171 g/mol. The quantitative estimate of drug-likeness (QED) is 0.421. The van der Waals surface area contributed by atoms with E-state index in [1.54, 1.807) is 7.11 Å². The maximum Gasteiger partial charge on any atom is 0.183 e. The van der Waals surface area contributed by atoms with Crippen LogP contribution in [0.25, 0.3) is 0 Å². The summed E-state index contributed by atoms with van der Waals surface area (Å²) in [6, 6.07) is 0. The maximum atomic E-state index is 5.08. The van der Waals surface area contributed by atoms with Crippen molar-refractivity contribution < 1.29 is 4.43 Å². The molecule has 0 aromatic rings. The summed E-state index contributed by atoms with van der Waals surface area (Å²) in [6.45, 7) is 6.48. The first-order valence-electron chi connectivity index (χ1n) is 2.49. The molecule has 0 aromatic heterocycles. The lowest BCUT2D eigenvalue weighted by Gasteiger charge is -2.10. The average Bonchev–Trinajstić information content (AvgIpc) is 1.71. The van der Waals surface area contributed by atoms with E-state index >= 15 is 0 Å². The topological polar surface area (TPSA) is 9.23 Å². The van der Waals surface area contributed by atoms with E-state index < -0.39 is 8.32 Å². The Morgan fingerprint density at radius 3 is 1.38 bits per heavy atom. The van der Waals surface area contributed by atoms with Crippen LogP contribution < -0.4 is 0 Å². The molecule has 0 N–H and O–H groups in total. The Balaban J connectivity index is 0. The Hall–Kier alpha value is 0.684. The normalized spacial score (nSPS) is 10.1. The summed E-state index contributed by atoms with van der Waals surface area (Å²) in [7, 11) is 1.42. The van der Waals surface area contributed by atoms with Crippen LogP contribution in [0.1, 0.15) is 0 Å². The minimum Gasteiger partial charge on any atom is -0.421 e. The summed E-state index contributed by atoms with van der Waals surface area (Å²) in [5.74, 6) is 0. The predicted molar refractivity (Wildman–Crippen MR) is 46.1 cm³/mol. The summed E-state index contributed by atoms with van der Waals surface area (Å²) in [5, 5.41) is 0. The highest BCUT2D eigenvalue weighted by molar-refractivity contribution is 6.80. The van der Waals surface area contributed by atoms with Crippen molar-refractivity contribution in [2.75, 3.05) is 7.11 Å². The molecule has 0 heterocycles. The monoisotopic (exact) mass is 170 g/mol. The van der Waals surface area contributed by atoms with Gasteiger partial charge in [0.1, 0.15) is 9.55 Å². The van der Waals surface area contributed by atoms with Gasteiger partial charge in [0.15, 0.2) is 8.32 Å². The fourth-order valence-electron chi connectivity index (χ4n) is 0. The summed E-state index contributed by atoms with van der Waals surface area (Å²) in [6.07, 6.45) is 0. The van der Waals surface area contributed by atoms with Gasteiger partial charge in [-0.25, -0.2) is 0 Å². The number of hydrogen-bond donors (Lipinski definition) is 0. The van der Waals surface area contributed by atoms with Crippen molar-refractivity contribution in [2.45, 2.75) is 19.6 Å². The molecule has 0 bridgehead atoms. The molecular weight excluding hydrogens is 156 g/mol. The van der Waals surface area contributed by atoms with Crippen molar-refractivity contribution in [3.63, 3.8) is 0 Å². The van der Waals surface area contributed by atoms with Crippen LogP contribution in [0.15, 0.2) is 0 Å². The molecule has 1 nitrogen and oxygen atoms in total. The highest BCUT2D eigenvalue weighted by atomic mass is 35.6. The largest absolute Gasteiger partial charge is 0.421 e. The van der Waals surface area contributed by atoms with Gasteiger partial charge in [-0.2, -0.15) is 11.1 Å². The lowest BCUT2D eigenvalue weighted by atomic mass is 11.8. The van der Waals surface area contributed by atoms with Crippen LogP contribution in [-0.2, 0) is 4.43 Å². The first kappa shape index (κ1) is 11.5. The minimum atomic E-state index is -1.13. The van der Waals surface area contributed by atoms with Gasteiger partial charge in [0.05, 0.1) is 0 Å². The van der Waals surface area contributed by atoms with Crippen molar-refractivity contribution in [3.05, 3.63) is 0 Å². The smallest absolute Gasteiger partial charge is 0.183 e. The second kappa shape index (κ2) is 5.81. The molecule has 0 saturated carbocycles. The molecule has 0 rings (SSSR count). The lowest BCUT2D eigenvalue weighted by Crippen LogP contribution is -2.22. The third-order valence-corrected chi connectivity index (χ3v) is 1.84. The van der Waals surface area contributed by atoms with Gasteiger partial charge in [-0.3, -0.25) is 0 Å². The van der Waals surface area contributed by atoms with Crippen molar-refractivity contribution >= 4 is 28.9 Å². The van der Waals surface area contributed by atoms with Crippen LogP contribution in [0.5, 0.6) is 0 Å². The molecule has 0 radical (unpaired) electrons. The first-order valence-corrected chi connectivity index (χ1v) is 8.92. The Bertz CT molecular complexity index is 43.8. The van der Waals surface area contributed by atoms with Crippen LogP contribution in [0.2, 0.25) is 19.6 Å². The molecule has 0 atom stereocenters. The Morgan fingerprint density at radius 1 is 1.25 bits per heavy atom. The van der Waals surface area contributed by atoms with Crippen molar-refractivity contribution in [1.29, 1.82) is 0 Å². The van der Waals surface area contributed by atoms with Gasteiger partial charge in [-0.1, -0.05) is 0 Å². The summed E-state index contributed by atoms with van der Waals surface area (Å²) < 4.78 is 5.08. The third kappa shape index (κ3) is 15.9. The Labute approximate surface area is 60.6 Å². The van der Waals surface area contributed by atoms with Crippen molar-refractivity contribution in [2.24, 2.45) is 0 Å². The summed E-state index contributed by atoms with van der Waals surface area (Å²) in [5.41, 5.74) is 0. The second-order valence-corrected chi connectivity index (χ2v) is 6.95. The molecule has 0 saturated heterocycles. The molecule has 0 aliphatic rings. The van der Waals surface area contributed by atoms with E-state index in [4.69, 9.17) is 15.5 Å². The van der Waals surface area contributed by atoms with Gasteiger partial charge in [0.2, 0.25) is 0 Å². The summed E-state index contributed by atoms with van der Waals surface area (Å²) >= 11 is 4.78. The fraction of sp³-hybridized carbons (Fsp3) is 1.00. The third-order valence-electron chi connectivity index (χ3n) is 0.612. The van der Waals surface area contributed by atoms with E-state index in [2.05, 4.69) is 19.6 Å². The molecule has 0 aromatic carbocycles. The molecule has 0 aliphatic heterocycles. The van der Waals surface area contributed by atoms with Gasteiger partial charge in [-0.15, -0.1) is 0 Å². The Kier molecular flexibility index (Phi) is 8.34. The standard InChI is InChI=1S/C4H12OSi.ClH3Si/c1-5-6(2,3)4;1-2/h1-4H3;2H3. The Morgan fingerprint density at radius 2 is 1.38 bits per heavy atom. The van der Waals surface area contributed by atoms with Crippen LogP contribution in [0.4, 0.5) is 0 Å². The number of halogens is 1. The molecule has 0 aliphatic carbocycles. The van der Waals surface area contributed by atoms with Crippen molar-refractivity contribution in [1.82, 2.24) is 0 Å². The highest BCUT2D eigenvalue weighted by Crippen LogP contribution is 1.97. The minimum absolute atomic E-state index is 0.778. The SMILES string of the molecule is CO[Si](C)(C)C.[SiH3]Cl. The van der Waals surface area contributed by atoms with Crippen LogP contribution in [-0.4, -0.2) is 25.0 Å². The predicted octanol–water partition coefficient (Wildman–Crippen LogP) is 0.973. The molecule has 0 amide bonds. The molecular formula is C4H15ClOSi2.